The molecule has 0 radical (unpaired) electrons. The van der Waals surface area contributed by atoms with Crippen molar-refractivity contribution in [2.75, 3.05) is 5.32 Å². The summed E-state index contributed by atoms with van der Waals surface area (Å²) in [5, 5.41) is 5.30. The molecule has 0 aromatic heterocycles. The van der Waals surface area contributed by atoms with Crippen LogP contribution in [0.5, 0.6) is 0 Å². The third-order valence-corrected chi connectivity index (χ3v) is 3.90. The lowest BCUT2D eigenvalue weighted by Crippen LogP contribution is -2.47. The van der Waals surface area contributed by atoms with Crippen molar-refractivity contribution in [1.29, 1.82) is 0 Å². The van der Waals surface area contributed by atoms with Crippen molar-refractivity contribution in [2.45, 2.75) is 33.7 Å². The summed E-state index contributed by atoms with van der Waals surface area (Å²) in [6, 6.07) is 10.9. The van der Waals surface area contributed by atoms with E-state index in [0.29, 0.717) is 5.56 Å². The van der Waals surface area contributed by atoms with Crippen molar-refractivity contribution in [3.05, 3.63) is 65.0 Å². The summed E-state index contributed by atoms with van der Waals surface area (Å²) < 4.78 is 13.9. The zero-order valence-electron chi connectivity index (χ0n) is 14.9. The number of hydrogen-bond acceptors (Lipinski definition) is 2. The van der Waals surface area contributed by atoms with E-state index in [1.54, 1.807) is 31.2 Å². The maximum absolute atomic E-state index is 13.9. The Labute approximate surface area is 147 Å². The first-order valence-corrected chi connectivity index (χ1v) is 8.22. The van der Waals surface area contributed by atoms with E-state index >= 15 is 0 Å². The van der Waals surface area contributed by atoms with Crippen LogP contribution >= 0.6 is 0 Å². The van der Waals surface area contributed by atoms with Gasteiger partial charge in [-0.2, -0.15) is 0 Å². The summed E-state index contributed by atoms with van der Waals surface area (Å²) in [4.78, 5) is 24.9. The number of carbonyl (C=O) groups is 2. The number of halogens is 1. The maximum Gasteiger partial charge on any atom is 0.251 e. The smallest absolute Gasteiger partial charge is 0.251 e. The zero-order valence-corrected chi connectivity index (χ0v) is 14.9. The van der Waals surface area contributed by atoms with Crippen LogP contribution < -0.4 is 10.6 Å². The molecule has 5 heteroatoms. The van der Waals surface area contributed by atoms with Gasteiger partial charge < -0.3 is 10.6 Å². The number of carbonyl (C=O) groups excluding carboxylic acids is 2. The number of hydrogen-bond donors (Lipinski definition) is 2. The molecule has 2 rings (SSSR count). The van der Waals surface area contributed by atoms with E-state index in [9.17, 15) is 14.0 Å². The van der Waals surface area contributed by atoms with Crippen LogP contribution in [-0.2, 0) is 4.79 Å². The van der Waals surface area contributed by atoms with Crippen molar-refractivity contribution in [3.8, 4) is 0 Å². The first-order chi connectivity index (χ1) is 11.8. The molecule has 0 spiro atoms. The second-order valence-corrected chi connectivity index (χ2v) is 6.54. The van der Waals surface area contributed by atoms with E-state index < -0.39 is 17.8 Å². The van der Waals surface area contributed by atoms with Gasteiger partial charge >= 0.3 is 0 Å². The van der Waals surface area contributed by atoms with Crippen molar-refractivity contribution in [3.63, 3.8) is 0 Å². The van der Waals surface area contributed by atoms with E-state index in [2.05, 4.69) is 10.6 Å². The lowest BCUT2D eigenvalue weighted by molar-refractivity contribution is -0.118. The molecule has 0 unspecified atom stereocenters. The molecule has 2 amide bonds. The molecule has 2 aromatic carbocycles. The Kier molecular flexibility index (Phi) is 5.91. The van der Waals surface area contributed by atoms with E-state index in [0.717, 1.165) is 11.1 Å². The molecule has 1 atom stereocenters. The van der Waals surface area contributed by atoms with Gasteiger partial charge in [-0.25, -0.2) is 4.39 Å². The lowest BCUT2D eigenvalue weighted by Gasteiger charge is -2.22. The summed E-state index contributed by atoms with van der Waals surface area (Å²) in [6.45, 7) is 7.32. The summed E-state index contributed by atoms with van der Waals surface area (Å²) >= 11 is 0. The number of anilines is 1. The van der Waals surface area contributed by atoms with Gasteiger partial charge in [-0.05, 0) is 49.6 Å². The Morgan fingerprint density at radius 3 is 2.28 bits per heavy atom. The van der Waals surface area contributed by atoms with Crippen molar-refractivity contribution < 1.29 is 14.0 Å². The molecule has 2 aromatic rings. The fourth-order valence-corrected chi connectivity index (χ4v) is 2.48. The quantitative estimate of drug-likeness (QED) is 0.867. The van der Waals surface area contributed by atoms with Gasteiger partial charge in [-0.15, -0.1) is 0 Å². The third-order valence-electron chi connectivity index (χ3n) is 3.90. The fraction of sp³-hybridized carbons (Fsp3) is 0.300. The van der Waals surface area contributed by atoms with Gasteiger partial charge in [0, 0.05) is 5.56 Å². The van der Waals surface area contributed by atoms with Crippen LogP contribution in [-0.4, -0.2) is 17.9 Å². The minimum Gasteiger partial charge on any atom is -0.340 e. The largest absolute Gasteiger partial charge is 0.340 e. The first-order valence-electron chi connectivity index (χ1n) is 8.22. The second-order valence-electron chi connectivity index (χ2n) is 6.54. The van der Waals surface area contributed by atoms with Crippen LogP contribution in [0.3, 0.4) is 0 Å². The van der Waals surface area contributed by atoms with E-state index in [-0.39, 0.29) is 17.5 Å². The molecular weight excluding hydrogens is 319 g/mol. The fourth-order valence-electron chi connectivity index (χ4n) is 2.48. The molecule has 132 valence electrons. The number of aryl methyl sites for hydroxylation is 2. The summed E-state index contributed by atoms with van der Waals surface area (Å²) in [5.74, 6) is -1.43. The van der Waals surface area contributed by atoms with Crippen LogP contribution in [0.25, 0.3) is 0 Å². The molecule has 0 bridgehead atoms. The predicted octanol–water partition coefficient (Wildman–Crippen LogP) is 3.84. The highest BCUT2D eigenvalue weighted by molar-refractivity contribution is 6.01. The zero-order chi connectivity index (χ0) is 18.6. The lowest BCUT2D eigenvalue weighted by atomic mass is 10.0. The van der Waals surface area contributed by atoms with Gasteiger partial charge in [0.15, 0.2) is 0 Å². The number of rotatable bonds is 5. The Morgan fingerprint density at radius 2 is 1.68 bits per heavy atom. The topological polar surface area (TPSA) is 58.2 Å². The standard InChI is InChI=1S/C20H23FN2O2/c1-12(2)18(23-19(24)15-7-5-6-13(3)10-15)20(25)22-17-9-8-14(4)11-16(17)21/h5-12,18H,1-4H3,(H,22,25)(H,23,24)/t18-/m0/s1. The highest BCUT2D eigenvalue weighted by Gasteiger charge is 2.25. The Bertz CT molecular complexity index is 787. The van der Waals surface area contributed by atoms with Crippen LogP contribution in [0.15, 0.2) is 42.5 Å². The normalized spacial score (nSPS) is 11.9. The molecule has 0 fully saturated rings. The van der Waals surface area contributed by atoms with Crippen molar-refractivity contribution in [2.24, 2.45) is 5.92 Å². The van der Waals surface area contributed by atoms with Gasteiger partial charge in [0.2, 0.25) is 5.91 Å². The van der Waals surface area contributed by atoms with Crippen molar-refractivity contribution in [1.82, 2.24) is 5.32 Å². The van der Waals surface area contributed by atoms with E-state index in [4.69, 9.17) is 0 Å². The number of benzene rings is 2. The average Bonchev–Trinajstić information content (AvgIpc) is 2.54. The van der Waals surface area contributed by atoms with Gasteiger partial charge in [0.25, 0.3) is 5.91 Å². The molecule has 0 aliphatic rings. The molecule has 0 heterocycles. The maximum atomic E-state index is 13.9. The monoisotopic (exact) mass is 342 g/mol. The SMILES string of the molecule is Cc1cccc(C(=O)N[C@H](C(=O)Nc2ccc(C)cc2F)C(C)C)c1. The highest BCUT2D eigenvalue weighted by Crippen LogP contribution is 2.17. The third kappa shape index (κ3) is 4.89. The molecular formula is C20H23FN2O2. The number of nitrogens with one attached hydrogen (secondary N) is 2. The highest BCUT2D eigenvalue weighted by atomic mass is 19.1. The van der Waals surface area contributed by atoms with Gasteiger partial charge in [-0.1, -0.05) is 37.6 Å². The molecule has 25 heavy (non-hydrogen) atoms. The predicted molar refractivity (Wildman–Crippen MR) is 97.0 cm³/mol. The van der Waals surface area contributed by atoms with Crippen LogP contribution in [0.4, 0.5) is 10.1 Å². The van der Waals surface area contributed by atoms with Crippen LogP contribution in [0, 0.1) is 25.6 Å². The van der Waals surface area contributed by atoms with E-state index in [1.807, 2.05) is 26.8 Å². The molecule has 2 N–H and O–H groups in total. The average molecular weight is 342 g/mol. The Balaban J connectivity index is 2.14. The first kappa shape index (κ1) is 18.6. The van der Waals surface area contributed by atoms with E-state index in [1.165, 1.54) is 12.1 Å². The van der Waals surface area contributed by atoms with Crippen LogP contribution in [0.2, 0.25) is 0 Å². The van der Waals surface area contributed by atoms with Gasteiger partial charge in [-0.3, -0.25) is 9.59 Å². The molecule has 4 nitrogen and oxygen atoms in total. The minimum absolute atomic E-state index is 0.103. The molecule has 0 aliphatic carbocycles. The second kappa shape index (κ2) is 7.92. The molecule has 0 aliphatic heterocycles. The summed E-state index contributed by atoms with van der Waals surface area (Å²) in [5.41, 5.74) is 2.31. The molecule has 0 saturated heterocycles. The number of amides is 2. The Hall–Kier alpha value is -2.69. The van der Waals surface area contributed by atoms with Crippen molar-refractivity contribution >= 4 is 17.5 Å². The molecule has 0 saturated carbocycles. The van der Waals surface area contributed by atoms with Crippen LogP contribution in [0.1, 0.15) is 35.3 Å². The minimum atomic E-state index is -0.770. The summed E-state index contributed by atoms with van der Waals surface area (Å²) in [6.07, 6.45) is 0. The van der Waals surface area contributed by atoms with Gasteiger partial charge in [0.05, 0.1) is 5.69 Å². The Morgan fingerprint density at radius 1 is 1.00 bits per heavy atom. The van der Waals surface area contributed by atoms with Gasteiger partial charge in [0.1, 0.15) is 11.9 Å². The summed E-state index contributed by atoms with van der Waals surface area (Å²) in [7, 11) is 0.